The van der Waals surface area contributed by atoms with E-state index >= 15 is 0 Å². The predicted molar refractivity (Wildman–Crippen MR) is 59.6 cm³/mol. The molecule has 7 heteroatoms. The Balaban J connectivity index is 0.000000385. The van der Waals surface area contributed by atoms with E-state index in [2.05, 4.69) is 0 Å². The van der Waals surface area contributed by atoms with Crippen LogP contribution < -0.4 is 5.73 Å². The summed E-state index contributed by atoms with van der Waals surface area (Å²) >= 11 is 0. The van der Waals surface area contributed by atoms with Gasteiger partial charge in [-0.3, -0.25) is 4.55 Å². The van der Waals surface area contributed by atoms with Gasteiger partial charge in [0.25, 0.3) is 10.1 Å². The van der Waals surface area contributed by atoms with Gasteiger partial charge in [-0.2, -0.15) is 8.42 Å². The molecule has 1 unspecified atom stereocenters. The van der Waals surface area contributed by atoms with E-state index in [4.69, 9.17) is 15.4 Å². The first-order valence-corrected chi connectivity index (χ1v) is 6.18. The molecule has 1 atom stereocenters. The standard InChI is InChI=1S/C8H11NO2.CH4O3S/c9-5-8(11)6-2-1-3-7(10)4-6;1-5(2,3)4/h1-4,8,10-11H,5,9H2;1H3,(H,2,3,4). The second kappa shape index (κ2) is 6.44. The van der Waals surface area contributed by atoms with Crippen molar-refractivity contribution in [3.8, 4) is 5.75 Å². The van der Waals surface area contributed by atoms with E-state index < -0.39 is 16.2 Å². The van der Waals surface area contributed by atoms with Crippen LogP contribution in [0.5, 0.6) is 5.75 Å². The average molecular weight is 249 g/mol. The fourth-order valence-corrected chi connectivity index (χ4v) is 0.868. The van der Waals surface area contributed by atoms with Gasteiger partial charge in [-0.05, 0) is 17.7 Å². The SMILES string of the molecule is CS(=O)(=O)O.NCC(O)c1cccc(O)c1. The number of benzene rings is 1. The molecule has 92 valence electrons. The molecule has 16 heavy (non-hydrogen) atoms. The number of rotatable bonds is 2. The Morgan fingerprint density at radius 2 is 1.94 bits per heavy atom. The third kappa shape index (κ3) is 8.18. The number of aromatic hydroxyl groups is 1. The Morgan fingerprint density at radius 1 is 1.44 bits per heavy atom. The number of nitrogens with two attached hydrogens (primary N) is 1. The van der Waals surface area contributed by atoms with Crippen molar-refractivity contribution in [2.24, 2.45) is 5.73 Å². The molecule has 5 N–H and O–H groups in total. The molecule has 0 amide bonds. The lowest BCUT2D eigenvalue weighted by Gasteiger charge is -2.06. The molecule has 0 spiro atoms. The van der Waals surface area contributed by atoms with Crippen LogP contribution in [0.25, 0.3) is 0 Å². The van der Waals surface area contributed by atoms with E-state index in [9.17, 15) is 13.5 Å². The average Bonchev–Trinajstić information content (AvgIpc) is 2.14. The normalized spacial score (nSPS) is 12.5. The summed E-state index contributed by atoms with van der Waals surface area (Å²) in [5, 5.41) is 18.2. The van der Waals surface area contributed by atoms with Gasteiger partial charge < -0.3 is 15.9 Å². The smallest absolute Gasteiger partial charge is 0.261 e. The molecule has 0 aliphatic carbocycles. The maximum absolute atomic E-state index is 9.22. The van der Waals surface area contributed by atoms with E-state index in [1.165, 1.54) is 6.07 Å². The number of hydrogen-bond acceptors (Lipinski definition) is 5. The third-order valence-corrected chi connectivity index (χ3v) is 1.48. The zero-order valence-electron chi connectivity index (χ0n) is 8.74. The quantitative estimate of drug-likeness (QED) is 0.543. The number of aliphatic hydroxyl groups is 1. The predicted octanol–water partition coefficient (Wildman–Crippen LogP) is -0.112. The highest BCUT2D eigenvalue weighted by molar-refractivity contribution is 7.85. The highest BCUT2D eigenvalue weighted by Crippen LogP contribution is 2.16. The molecule has 1 aromatic rings. The van der Waals surface area contributed by atoms with Gasteiger partial charge in [0.15, 0.2) is 0 Å². The van der Waals surface area contributed by atoms with Gasteiger partial charge in [0.2, 0.25) is 0 Å². The maximum Gasteiger partial charge on any atom is 0.261 e. The summed E-state index contributed by atoms with van der Waals surface area (Å²) in [6.07, 6.45) is 0.0367. The Kier molecular flexibility index (Phi) is 5.97. The van der Waals surface area contributed by atoms with Gasteiger partial charge in [-0.25, -0.2) is 0 Å². The van der Waals surface area contributed by atoms with Crippen LogP contribution in [0.1, 0.15) is 11.7 Å². The summed E-state index contributed by atoms with van der Waals surface area (Å²) in [4.78, 5) is 0. The van der Waals surface area contributed by atoms with Crippen LogP contribution in [-0.4, -0.2) is 36.0 Å². The number of aliphatic hydroxyl groups excluding tert-OH is 1. The molecule has 0 saturated carbocycles. The number of hydrogen-bond donors (Lipinski definition) is 4. The number of phenolic OH excluding ortho intramolecular Hbond substituents is 1. The van der Waals surface area contributed by atoms with Gasteiger partial charge in [-0.1, -0.05) is 12.1 Å². The molecular weight excluding hydrogens is 234 g/mol. The minimum atomic E-state index is -3.67. The molecule has 6 nitrogen and oxygen atoms in total. The first kappa shape index (κ1) is 14.8. The molecule has 0 aromatic heterocycles. The van der Waals surface area contributed by atoms with Gasteiger partial charge in [0.05, 0.1) is 12.4 Å². The highest BCUT2D eigenvalue weighted by Gasteiger charge is 2.03. The van der Waals surface area contributed by atoms with Crippen molar-refractivity contribution in [2.45, 2.75) is 6.10 Å². The van der Waals surface area contributed by atoms with E-state index in [1.807, 2.05) is 0 Å². The summed E-state index contributed by atoms with van der Waals surface area (Å²) < 4.78 is 25.9. The lowest BCUT2D eigenvalue weighted by atomic mass is 10.1. The molecule has 1 aromatic carbocycles. The van der Waals surface area contributed by atoms with Gasteiger partial charge >= 0.3 is 0 Å². The first-order chi connectivity index (χ1) is 7.24. The minimum absolute atomic E-state index is 0.148. The fraction of sp³-hybridized carbons (Fsp3) is 0.333. The Hall–Kier alpha value is -1.15. The maximum atomic E-state index is 9.22. The Morgan fingerprint density at radius 3 is 2.31 bits per heavy atom. The fourth-order valence-electron chi connectivity index (χ4n) is 0.868. The van der Waals surface area contributed by atoms with E-state index in [0.29, 0.717) is 11.8 Å². The van der Waals surface area contributed by atoms with Crippen LogP contribution in [0.15, 0.2) is 24.3 Å². The van der Waals surface area contributed by atoms with Crippen molar-refractivity contribution in [3.63, 3.8) is 0 Å². The van der Waals surface area contributed by atoms with Crippen LogP contribution in [0, 0.1) is 0 Å². The first-order valence-electron chi connectivity index (χ1n) is 4.33. The lowest BCUT2D eigenvalue weighted by Crippen LogP contribution is -2.11. The molecule has 1 rings (SSSR count). The van der Waals surface area contributed by atoms with Crippen LogP contribution in [-0.2, 0) is 10.1 Å². The van der Waals surface area contributed by atoms with Crippen molar-refractivity contribution in [2.75, 3.05) is 12.8 Å². The molecule has 0 aliphatic heterocycles. The van der Waals surface area contributed by atoms with Crippen LogP contribution in [0.3, 0.4) is 0 Å². The number of phenols is 1. The highest BCUT2D eigenvalue weighted by atomic mass is 32.2. The van der Waals surface area contributed by atoms with Gasteiger partial charge in [-0.15, -0.1) is 0 Å². The molecule has 0 heterocycles. The van der Waals surface area contributed by atoms with Crippen LogP contribution in [0.2, 0.25) is 0 Å². The summed E-state index contributed by atoms with van der Waals surface area (Å²) in [5.41, 5.74) is 5.87. The summed E-state index contributed by atoms with van der Waals surface area (Å²) in [6, 6.07) is 6.44. The van der Waals surface area contributed by atoms with Crippen molar-refractivity contribution in [3.05, 3.63) is 29.8 Å². The topological polar surface area (TPSA) is 121 Å². The van der Waals surface area contributed by atoms with E-state index in [-0.39, 0.29) is 12.3 Å². The van der Waals surface area contributed by atoms with Gasteiger partial charge in [0, 0.05) is 6.54 Å². The second-order valence-corrected chi connectivity index (χ2v) is 4.55. The minimum Gasteiger partial charge on any atom is -0.508 e. The molecule has 0 radical (unpaired) electrons. The zero-order valence-corrected chi connectivity index (χ0v) is 9.55. The van der Waals surface area contributed by atoms with Crippen LogP contribution >= 0.6 is 0 Å². The molecule has 0 saturated heterocycles. The Bertz CT molecular complexity index is 410. The lowest BCUT2D eigenvalue weighted by molar-refractivity contribution is 0.186. The molecule has 0 bridgehead atoms. The Labute approximate surface area is 94.1 Å². The molecule has 0 fully saturated rings. The molecule has 0 aliphatic rings. The monoisotopic (exact) mass is 249 g/mol. The second-order valence-electron chi connectivity index (χ2n) is 3.08. The van der Waals surface area contributed by atoms with Crippen molar-refractivity contribution < 1.29 is 23.2 Å². The van der Waals surface area contributed by atoms with E-state index in [1.54, 1.807) is 18.2 Å². The van der Waals surface area contributed by atoms with Gasteiger partial charge in [0.1, 0.15) is 5.75 Å². The van der Waals surface area contributed by atoms with Crippen molar-refractivity contribution >= 4 is 10.1 Å². The van der Waals surface area contributed by atoms with Crippen molar-refractivity contribution in [1.82, 2.24) is 0 Å². The summed E-state index contributed by atoms with van der Waals surface area (Å²) in [6.45, 7) is 0.170. The third-order valence-electron chi connectivity index (χ3n) is 1.48. The summed E-state index contributed by atoms with van der Waals surface area (Å²) in [7, 11) is -3.67. The van der Waals surface area contributed by atoms with E-state index in [0.717, 1.165) is 0 Å². The summed E-state index contributed by atoms with van der Waals surface area (Å²) in [5.74, 6) is 0.148. The zero-order chi connectivity index (χ0) is 12.8. The van der Waals surface area contributed by atoms with Crippen LogP contribution in [0.4, 0.5) is 0 Å². The molecular formula is C9H15NO5S. The largest absolute Gasteiger partial charge is 0.508 e. The van der Waals surface area contributed by atoms with Crippen molar-refractivity contribution in [1.29, 1.82) is 0 Å².